The normalized spacial score (nSPS) is 10.1. The number of carbonyl (C=O) groups is 1. The highest BCUT2D eigenvalue weighted by Gasteiger charge is 2.18. The van der Waals surface area contributed by atoms with Crippen LogP contribution in [-0.4, -0.2) is 36.0 Å². The highest BCUT2D eigenvalue weighted by Crippen LogP contribution is 2.28. The molecule has 0 bridgehead atoms. The lowest BCUT2D eigenvalue weighted by Crippen LogP contribution is -2.25. The standard InChI is InChI=1S/C12H16N2O4/c1-2-13(6-3-7-15)11-5-4-10(9-16)8-12(11)14(17)18/h4-5,8-9,15H,2-3,6-7H2,1H3. The minimum absolute atomic E-state index is 0.0384. The van der Waals surface area contributed by atoms with Crippen molar-refractivity contribution in [2.24, 2.45) is 0 Å². The highest BCUT2D eigenvalue weighted by molar-refractivity contribution is 5.79. The SMILES string of the molecule is CCN(CCCO)c1ccc(C=O)cc1[N+](=O)[O-]. The lowest BCUT2D eigenvalue weighted by molar-refractivity contribution is -0.384. The Morgan fingerprint density at radius 3 is 2.72 bits per heavy atom. The summed E-state index contributed by atoms with van der Waals surface area (Å²) in [7, 11) is 0. The molecule has 0 aliphatic carbocycles. The van der Waals surface area contributed by atoms with E-state index in [2.05, 4.69) is 0 Å². The van der Waals surface area contributed by atoms with Crippen LogP contribution in [-0.2, 0) is 0 Å². The van der Waals surface area contributed by atoms with Gasteiger partial charge >= 0.3 is 0 Å². The molecule has 0 aliphatic rings. The molecule has 0 spiro atoms. The number of hydrogen-bond acceptors (Lipinski definition) is 5. The molecule has 0 atom stereocenters. The van der Waals surface area contributed by atoms with Crippen molar-refractivity contribution in [3.05, 3.63) is 33.9 Å². The van der Waals surface area contributed by atoms with Gasteiger partial charge in [0.1, 0.15) is 12.0 Å². The molecule has 1 aromatic rings. The molecule has 6 nitrogen and oxygen atoms in total. The number of nitrogens with zero attached hydrogens (tertiary/aromatic N) is 2. The Balaban J connectivity index is 3.12. The smallest absolute Gasteiger partial charge is 0.293 e. The summed E-state index contributed by atoms with van der Waals surface area (Å²) in [6, 6.07) is 4.39. The van der Waals surface area contributed by atoms with Crippen LogP contribution in [0.15, 0.2) is 18.2 Å². The molecule has 0 unspecified atom stereocenters. The summed E-state index contributed by atoms with van der Waals surface area (Å²) in [6.07, 6.45) is 1.13. The summed E-state index contributed by atoms with van der Waals surface area (Å²) in [5, 5.41) is 19.8. The molecular formula is C12H16N2O4. The van der Waals surface area contributed by atoms with Gasteiger partial charge in [0.15, 0.2) is 0 Å². The molecule has 98 valence electrons. The third-order valence-electron chi connectivity index (χ3n) is 2.64. The number of aliphatic hydroxyl groups excluding tert-OH is 1. The van der Waals surface area contributed by atoms with Crippen LogP contribution in [0.1, 0.15) is 23.7 Å². The Morgan fingerprint density at radius 2 is 2.22 bits per heavy atom. The van der Waals surface area contributed by atoms with E-state index in [-0.39, 0.29) is 17.9 Å². The summed E-state index contributed by atoms with van der Waals surface area (Å²) in [5.41, 5.74) is 0.671. The van der Waals surface area contributed by atoms with Gasteiger partial charge in [-0.25, -0.2) is 0 Å². The van der Waals surface area contributed by atoms with Gasteiger partial charge in [0.2, 0.25) is 0 Å². The number of nitro benzene ring substituents is 1. The van der Waals surface area contributed by atoms with Crippen LogP contribution in [0.5, 0.6) is 0 Å². The Morgan fingerprint density at radius 1 is 1.50 bits per heavy atom. The van der Waals surface area contributed by atoms with Crippen molar-refractivity contribution in [2.45, 2.75) is 13.3 Å². The third-order valence-corrected chi connectivity index (χ3v) is 2.64. The average Bonchev–Trinajstić information content (AvgIpc) is 2.39. The van der Waals surface area contributed by atoms with Gasteiger partial charge in [-0.2, -0.15) is 0 Å². The van der Waals surface area contributed by atoms with E-state index < -0.39 is 4.92 Å². The van der Waals surface area contributed by atoms with Gasteiger partial charge in [0, 0.05) is 31.3 Å². The maximum atomic E-state index is 11.0. The maximum Gasteiger partial charge on any atom is 0.293 e. The first-order valence-electron chi connectivity index (χ1n) is 5.73. The minimum atomic E-state index is -0.496. The predicted molar refractivity (Wildman–Crippen MR) is 68.1 cm³/mol. The lowest BCUT2D eigenvalue weighted by Gasteiger charge is -2.22. The highest BCUT2D eigenvalue weighted by atomic mass is 16.6. The van der Waals surface area contributed by atoms with Gasteiger partial charge in [-0.1, -0.05) is 0 Å². The zero-order valence-electron chi connectivity index (χ0n) is 10.2. The molecule has 0 aliphatic heterocycles. The number of nitro groups is 1. The van der Waals surface area contributed by atoms with Crippen molar-refractivity contribution in [1.82, 2.24) is 0 Å². The second-order valence-electron chi connectivity index (χ2n) is 3.78. The zero-order valence-corrected chi connectivity index (χ0v) is 10.2. The third kappa shape index (κ3) is 3.27. The first kappa shape index (κ1) is 14.1. The fourth-order valence-electron chi connectivity index (χ4n) is 1.74. The van der Waals surface area contributed by atoms with Crippen molar-refractivity contribution in [1.29, 1.82) is 0 Å². The Hall–Kier alpha value is -1.95. The fourth-order valence-corrected chi connectivity index (χ4v) is 1.74. The van der Waals surface area contributed by atoms with Crippen LogP contribution in [0, 0.1) is 10.1 Å². The number of hydrogen-bond donors (Lipinski definition) is 1. The maximum absolute atomic E-state index is 11.0. The van der Waals surface area contributed by atoms with Crippen molar-refractivity contribution in [3.8, 4) is 0 Å². The molecule has 1 rings (SSSR count). The quantitative estimate of drug-likeness (QED) is 0.453. The lowest BCUT2D eigenvalue weighted by atomic mass is 10.1. The van der Waals surface area contributed by atoms with E-state index in [0.717, 1.165) is 0 Å². The van der Waals surface area contributed by atoms with Crippen LogP contribution in [0.4, 0.5) is 11.4 Å². The van der Waals surface area contributed by atoms with E-state index in [1.807, 2.05) is 11.8 Å². The molecule has 0 radical (unpaired) electrons. The van der Waals surface area contributed by atoms with Gasteiger partial charge < -0.3 is 10.0 Å². The molecule has 0 fully saturated rings. The van der Waals surface area contributed by atoms with Crippen molar-refractivity contribution in [3.63, 3.8) is 0 Å². The number of benzene rings is 1. The van der Waals surface area contributed by atoms with Crippen molar-refractivity contribution in [2.75, 3.05) is 24.6 Å². The molecule has 0 aromatic heterocycles. The molecule has 0 saturated heterocycles. The summed E-state index contributed by atoms with van der Waals surface area (Å²) in [6.45, 7) is 3.06. The molecule has 1 aromatic carbocycles. The Bertz CT molecular complexity index is 434. The van der Waals surface area contributed by atoms with E-state index in [1.54, 1.807) is 12.1 Å². The van der Waals surface area contributed by atoms with Crippen molar-refractivity contribution >= 4 is 17.7 Å². The van der Waals surface area contributed by atoms with Gasteiger partial charge in [-0.05, 0) is 25.5 Å². The van der Waals surface area contributed by atoms with E-state index >= 15 is 0 Å². The monoisotopic (exact) mass is 252 g/mol. The minimum Gasteiger partial charge on any atom is -0.396 e. The topological polar surface area (TPSA) is 83.7 Å². The summed E-state index contributed by atoms with van der Waals surface area (Å²) in [5.74, 6) is 0. The van der Waals surface area contributed by atoms with E-state index in [4.69, 9.17) is 5.11 Å². The Labute approximate surface area is 105 Å². The van der Waals surface area contributed by atoms with E-state index in [0.29, 0.717) is 31.5 Å². The Kier molecular flexibility index (Phi) is 5.26. The van der Waals surface area contributed by atoms with Crippen LogP contribution in [0.2, 0.25) is 0 Å². The second-order valence-corrected chi connectivity index (χ2v) is 3.78. The molecule has 1 N–H and O–H groups in total. The number of carbonyl (C=O) groups excluding carboxylic acids is 1. The largest absolute Gasteiger partial charge is 0.396 e. The van der Waals surface area contributed by atoms with Gasteiger partial charge in [-0.3, -0.25) is 14.9 Å². The van der Waals surface area contributed by atoms with Crippen LogP contribution >= 0.6 is 0 Å². The molecule has 18 heavy (non-hydrogen) atoms. The average molecular weight is 252 g/mol. The number of rotatable bonds is 7. The molecule has 6 heteroatoms. The number of aldehydes is 1. The predicted octanol–water partition coefficient (Wildman–Crippen LogP) is 1.62. The van der Waals surface area contributed by atoms with Crippen molar-refractivity contribution < 1.29 is 14.8 Å². The van der Waals surface area contributed by atoms with Crippen LogP contribution < -0.4 is 4.90 Å². The molecular weight excluding hydrogens is 236 g/mol. The van der Waals surface area contributed by atoms with E-state index in [9.17, 15) is 14.9 Å². The first-order valence-corrected chi connectivity index (χ1v) is 5.73. The van der Waals surface area contributed by atoms with Gasteiger partial charge in [-0.15, -0.1) is 0 Å². The molecule has 0 amide bonds. The molecule has 0 saturated carbocycles. The summed E-state index contributed by atoms with van der Waals surface area (Å²) in [4.78, 5) is 22.9. The first-order chi connectivity index (χ1) is 8.63. The molecule has 0 heterocycles. The number of aliphatic hydroxyl groups is 1. The summed E-state index contributed by atoms with van der Waals surface area (Å²) < 4.78 is 0. The summed E-state index contributed by atoms with van der Waals surface area (Å²) >= 11 is 0. The fraction of sp³-hybridized carbons (Fsp3) is 0.417. The zero-order chi connectivity index (χ0) is 13.5. The van der Waals surface area contributed by atoms with Crippen LogP contribution in [0.3, 0.4) is 0 Å². The van der Waals surface area contributed by atoms with Crippen LogP contribution in [0.25, 0.3) is 0 Å². The van der Waals surface area contributed by atoms with Gasteiger partial charge in [0.05, 0.1) is 4.92 Å². The van der Waals surface area contributed by atoms with E-state index in [1.165, 1.54) is 6.07 Å². The van der Waals surface area contributed by atoms with Gasteiger partial charge in [0.25, 0.3) is 5.69 Å². The second kappa shape index (κ2) is 6.70. The number of anilines is 1.